The Morgan fingerprint density at radius 3 is 1.44 bits per heavy atom. The van der Waals surface area contributed by atoms with Crippen LogP contribution in [0.2, 0.25) is 0 Å². The number of carbonyl (C=O) groups is 1. The second-order valence-electron chi connectivity index (χ2n) is 3.33. The normalized spacial score (nSPS) is 16.6. The van der Waals surface area contributed by atoms with E-state index in [-0.39, 0.29) is 6.92 Å². The van der Waals surface area contributed by atoms with E-state index < -0.39 is 35.0 Å². The van der Waals surface area contributed by atoms with Crippen molar-refractivity contribution in [3.05, 3.63) is 0 Å². The van der Waals surface area contributed by atoms with Gasteiger partial charge in [-0.1, -0.05) is 0 Å². The van der Waals surface area contributed by atoms with E-state index in [1.165, 1.54) is 0 Å². The SMILES string of the molecule is CC(C(=O)S)C(F)(F)C(F)(F)C(F)(F)C(F)(F)F. The Balaban J connectivity index is 5.71. The number of hydrogen-bond donors (Lipinski definition) is 1. The van der Waals surface area contributed by atoms with Crippen LogP contribution < -0.4 is 0 Å². The summed E-state index contributed by atoms with van der Waals surface area (Å²) in [5.41, 5.74) is 0. The second kappa shape index (κ2) is 4.49. The fourth-order valence-corrected chi connectivity index (χ4v) is 0.976. The minimum Gasteiger partial charge on any atom is -0.287 e. The third-order valence-electron chi connectivity index (χ3n) is 2.08. The molecule has 1 atom stereocenters. The van der Waals surface area contributed by atoms with E-state index in [0.29, 0.717) is 0 Å². The Morgan fingerprint density at radius 1 is 0.889 bits per heavy atom. The molecule has 1 nitrogen and oxygen atoms in total. The zero-order valence-corrected chi connectivity index (χ0v) is 9.23. The van der Waals surface area contributed by atoms with Gasteiger partial charge in [-0.3, -0.25) is 4.79 Å². The summed E-state index contributed by atoms with van der Waals surface area (Å²) in [6.07, 6.45) is -6.89. The molecule has 0 fully saturated rings. The van der Waals surface area contributed by atoms with Crippen LogP contribution in [0.25, 0.3) is 0 Å². The number of hydrogen-bond acceptors (Lipinski definition) is 1. The van der Waals surface area contributed by atoms with Gasteiger partial charge in [0.05, 0.1) is 5.92 Å². The molecule has 0 bridgehead atoms. The average Bonchev–Trinajstić information content (AvgIpc) is 2.13. The molecule has 0 saturated carbocycles. The summed E-state index contributed by atoms with van der Waals surface area (Å²) < 4.78 is 111. The van der Waals surface area contributed by atoms with Crippen LogP contribution in [0.15, 0.2) is 0 Å². The minimum atomic E-state index is -6.99. The topological polar surface area (TPSA) is 17.1 Å². The van der Waals surface area contributed by atoms with Crippen LogP contribution in [0.1, 0.15) is 6.92 Å². The summed E-state index contributed by atoms with van der Waals surface area (Å²) in [5, 5.41) is -1.95. The van der Waals surface area contributed by atoms with Crippen LogP contribution in [-0.2, 0) is 4.79 Å². The molecule has 0 aliphatic heterocycles. The van der Waals surface area contributed by atoms with Gasteiger partial charge in [-0.05, 0) is 6.92 Å². The maximum absolute atomic E-state index is 12.9. The zero-order chi connectivity index (χ0) is 15.2. The monoisotopic (exact) mass is 308 g/mol. The zero-order valence-electron chi connectivity index (χ0n) is 8.33. The van der Waals surface area contributed by atoms with Gasteiger partial charge in [0, 0.05) is 0 Å². The highest BCUT2D eigenvalue weighted by molar-refractivity contribution is 7.96. The molecule has 1 unspecified atom stereocenters. The molecule has 0 saturated heterocycles. The summed E-state index contributed by atoms with van der Waals surface area (Å²) in [7, 11) is 0. The predicted molar refractivity (Wildman–Crippen MR) is 44.1 cm³/mol. The van der Waals surface area contributed by atoms with E-state index in [1.807, 2.05) is 0 Å². The number of alkyl halides is 9. The van der Waals surface area contributed by atoms with Crippen molar-refractivity contribution in [2.75, 3.05) is 0 Å². The number of carbonyl (C=O) groups excluding carboxylic acids is 1. The van der Waals surface area contributed by atoms with Gasteiger partial charge in [0.2, 0.25) is 0 Å². The largest absolute Gasteiger partial charge is 0.460 e. The lowest BCUT2D eigenvalue weighted by Gasteiger charge is -2.35. The number of rotatable bonds is 4. The van der Waals surface area contributed by atoms with Gasteiger partial charge >= 0.3 is 23.9 Å². The molecule has 0 N–H and O–H groups in total. The molecule has 0 rings (SSSR count). The Bertz CT molecular complexity index is 334. The van der Waals surface area contributed by atoms with Gasteiger partial charge in [-0.2, -0.15) is 39.5 Å². The molecule has 0 aromatic rings. The van der Waals surface area contributed by atoms with Crippen molar-refractivity contribution in [2.24, 2.45) is 5.92 Å². The Morgan fingerprint density at radius 2 is 1.22 bits per heavy atom. The summed E-state index contributed by atoms with van der Waals surface area (Å²) in [6.45, 7) is 0.0652. The standard InChI is InChI=1S/C7H5F9OS/c1-2(3(17)18)4(8,9)5(10,11)6(12,13)7(14,15)16/h2H,1H3,(H,17,18). The quantitative estimate of drug-likeness (QED) is 0.621. The van der Waals surface area contributed by atoms with E-state index >= 15 is 0 Å². The summed E-state index contributed by atoms with van der Waals surface area (Å²) in [6, 6.07) is 0. The summed E-state index contributed by atoms with van der Waals surface area (Å²) in [4.78, 5) is 10.3. The van der Waals surface area contributed by atoms with Crippen molar-refractivity contribution in [1.82, 2.24) is 0 Å². The van der Waals surface area contributed by atoms with E-state index in [4.69, 9.17) is 0 Å². The molecule has 0 heterocycles. The van der Waals surface area contributed by atoms with Gasteiger partial charge in [0.15, 0.2) is 5.12 Å². The van der Waals surface area contributed by atoms with E-state index in [0.717, 1.165) is 0 Å². The first-order valence-electron chi connectivity index (χ1n) is 4.03. The number of halogens is 9. The molecule has 0 aromatic heterocycles. The first-order valence-corrected chi connectivity index (χ1v) is 4.48. The Labute approximate surface area is 99.7 Å². The maximum Gasteiger partial charge on any atom is 0.460 e. The molecule has 0 amide bonds. The lowest BCUT2D eigenvalue weighted by molar-refractivity contribution is -0.400. The number of thiol groups is 1. The van der Waals surface area contributed by atoms with E-state index in [9.17, 15) is 44.3 Å². The molecule has 0 aliphatic rings. The molecule has 0 aliphatic carbocycles. The third kappa shape index (κ3) is 2.41. The molecule has 0 spiro atoms. The Hall–Kier alpha value is -0.610. The van der Waals surface area contributed by atoms with Crippen LogP contribution in [-0.4, -0.2) is 29.1 Å². The van der Waals surface area contributed by atoms with Crippen molar-refractivity contribution in [2.45, 2.75) is 30.9 Å². The van der Waals surface area contributed by atoms with Crippen LogP contribution in [0, 0.1) is 5.92 Å². The smallest absolute Gasteiger partial charge is 0.287 e. The Kier molecular flexibility index (Phi) is 4.34. The van der Waals surface area contributed by atoms with Crippen molar-refractivity contribution >= 4 is 17.7 Å². The first-order chi connectivity index (χ1) is 7.60. The van der Waals surface area contributed by atoms with Crippen LogP contribution in [0.4, 0.5) is 39.5 Å². The summed E-state index contributed by atoms with van der Waals surface area (Å²) in [5.74, 6) is -22.8. The first kappa shape index (κ1) is 17.4. The highest BCUT2D eigenvalue weighted by Gasteiger charge is 2.82. The highest BCUT2D eigenvalue weighted by Crippen LogP contribution is 2.55. The fourth-order valence-electron chi connectivity index (χ4n) is 0.814. The van der Waals surface area contributed by atoms with Crippen molar-refractivity contribution in [3.8, 4) is 0 Å². The molecule has 11 heteroatoms. The van der Waals surface area contributed by atoms with Gasteiger partial charge in [0.1, 0.15) is 0 Å². The lowest BCUT2D eigenvalue weighted by Crippen LogP contribution is -2.63. The minimum absolute atomic E-state index is 0.0652. The molecule has 0 radical (unpaired) electrons. The van der Waals surface area contributed by atoms with Crippen LogP contribution in [0.5, 0.6) is 0 Å². The van der Waals surface area contributed by atoms with Crippen LogP contribution in [0.3, 0.4) is 0 Å². The third-order valence-corrected chi connectivity index (χ3v) is 2.47. The highest BCUT2D eigenvalue weighted by atomic mass is 32.1. The van der Waals surface area contributed by atoms with Gasteiger partial charge in [-0.15, -0.1) is 12.6 Å². The molecule has 18 heavy (non-hydrogen) atoms. The van der Waals surface area contributed by atoms with E-state index in [2.05, 4.69) is 12.6 Å². The molecule has 0 aromatic carbocycles. The molecular formula is C7H5F9OS. The lowest BCUT2D eigenvalue weighted by atomic mass is 9.94. The van der Waals surface area contributed by atoms with Crippen molar-refractivity contribution < 1.29 is 44.3 Å². The summed E-state index contributed by atoms with van der Waals surface area (Å²) >= 11 is 2.71. The maximum atomic E-state index is 12.9. The fraction of sp³-hybridized carbons (Fsp3) is 0.857. The predicted octanol–water partition coefficient (Wildman–Crippen LogP) is 3.55. The van der Waals surface area contributed by atoms with Gasteiger partial charge < -0.3 is 0 Å². The van der Waals surface area contributed by atoms with Crippen molar-refractivity contribution in [1.29, 1.82) is 0 Å². The van der Waals surface area contributed by atoms with Crippen molar-refractivity contribution in [3.63, 3.8) is 0 Å². The van der Waals surface area contributed by atoms with E-state index in [1.54, 1.807) is 0 Å². The second-order valence-corrected chi connectivity index (χ2v) is 3.77. The van der Waals surface area contributed by atoms with Gasteiger partial charge in [0.25, 0.3) is 0 Å². The average molecular weight is 308 g/mol. The van der Waals surface area contributed by atoms with Crippen LogP contribution >= 0.6 is 12.6 Å². The molecule has 108 valence electrons. The molecular weight excluding hydrogens is 303 g/mol. The van der Waals surface area contributed by atoms with Gasteiger partial charge in [-0.25, -0.2) is 0 Å².